The van der Waals surface area contributed by atoms with E-state index >= 15 is 0 Å². The van der Waals surface area contributed by atoms with Gasteiger partial charge in [0.15, 0.2) is 0 Å². The van der Waals surface area contributed by atoms with Crippen LogP contribution in [0.5, 0.6) is 0 Å². The molecule has 0 aromatic rings. The number of allylic oxidation sites excluding steroid dienone is 1. The second-order valence-electron chi connectivity index (χ2n) is 2.13. The highest BCUT2D eigenvalue weighted by Gasteiger charge is 2.09. The average molecular weight is 114 g/mol. The maximum atomic E-state index is 8.88. The van der Waals surface area contributed by atoms with Crippen molar-refractivity contribution in [3.8, 4) is 0 Å². The van der Waals surface area contributed by atoms with Crippen LogP contribution in [0.15, 0.2) is 11.8 Å². The Morgan fingerprint density at radius 1 is 1.62 bits per heavy atom. The van der Waals surface area contributed by atoms with E-state index in [1.807, 2.05) is 0 Å². The number of aliphatic hydroxyl groups is 2. The average Bonchev–Trinajstić information content (AvgIpc) is 1.64. The smallest absolute Gasteiger partial charge is 0.0908 e. The van der Waals surface area contributed by atoms with Crippen LogP contribution < -0.4 is 0 Å². The van der Waals surface area contributed by atoms with Crippen molar-refractivity contribution in [2.75, 3.05) is 0 Å². The van der Waals surface area contributed by atoms with Gasteiger partial charge in [0.05, 0.1) is 11.9 Å². The minimum absolute atomic E-state index is 0.306. The van der Waals surface area contributed by atoms with Gasteiger partial charge >= 0.3 is 0 Å². The van der Waals surface area contributed by atoms with E-state index in [0.717, 1.165) is 12.8 Å². The predicted octanol–water partition coefficient (Wildman–Crippen LogP) is 0.973. The van der Waals surface area contributed by atoms with Gasteiger partial charge < -0.3 is 10.2 Å². The van der Waals surface area contributed by atoms with E-state index in [0.29, 0.717) is 12.2 Å². The topological polar surface area (TPSA) is 40.5 Å². The molecule has 1 rings (SSSR count). The maximum absolute atomic E-state index is 8.88. The Kier molecular flexibility index (Phi) is 1.53. The number of rotatable bonds is 0. The van der Waals surface area contributed by atoms with Crippen LogP contribution in [0.1, 0.15) is 19.3 Å². The third-order valence-corrected chi connectivity index (χ3v) is 1.32. The number of aliphatic hydroxyl groups excluding tert-OH is 2. The van der Waals surface area contributed by atoms with Crippen LogP contribution in [0.2, 0.25) is 0 Å². The first-order valence-corrected chi connectivity index (χ1v) is 2.85. The molecule has 0 radical (unpaired) electrons. The van der Waals surface area contributed by atoms with E-state index in [1.54, 1.807) is 6.08 Å². The predicted molar refractivity (Wildman–Crippen MR) is 30.6 cm³/mol. The Labute approximate surface area is 48.5 Å². The van der Waals surface area contributed by atoms with Crippen LogP contribution >= 0.6 is 0 Å². The molecular weight excluding hydrogens is 104 g/mol. The molecule has 0 aromatic heterocycles. The molecule has 1 aliphatic rings. The van der Waals surface area contributed by atoms with Crippen molar-refractivity contribution < 1.29 is 10.2 Å². The lowest BCUT2D eigenvalue weighted by Crippen LogP contribution is -2.10. The van der Waals surface area contributed by atoms with E-state index in [1.165, 1.54) is 0 Å². The standard InChI is InChI=1S/C6H10O2/c7-5-2-1-3-6(8)4-5/h2,6-8H,1,3-4H2/t6-/m0/s1. The van der Waals surface area contributed by atoms with E-state index < -0.39 is 0 Å². The number of hydrogen-bond donors (Lipinski definition) is 2. The lowest BCUT2D eigenvalue weighted by molar-refractivity contribution is 0.141. The lowest BCUT2D eigenvalue weighted by atomic mass is 10.0. The molecule has 0 amide bonds. The Balaban J connectivity index is 2.45. The zero-order valence-electron chi connectivity index (χ0n) is 4.67. The highest BCUT2D eigenvalue weighted by molar-refractivity contribution is 4.97. The first-order chi connectivity index (χ1) is 3.79. The minimum Gasteiger partial charge on any atom is -0.513 e. The summed E-state index contributed by atoms with van der Waals surface area (Å²) in [6, 6.07) is 0. The highest BCUT2D eigenvalue weighted by Crippen LogP contribution is 2.14. The fourth-order valence-electron chi connectivity index (χ4n) is 0.869. The molecule has 0 bridgehead atoms. The first-order valence-electron chi connectivity index (χ1n) is 2.85. The van der Waals surface area contributed by atoms with Crippen LogP contribution in [-0.2, 0) is 0 Å². The zero-order valence-corrected chi connectivity index (χ0v) is 4.67. The van der Waals surface area contributed by atoms with E-state index in [4.69, 9.17) is 10.2 Å². The van der Waals surface area contributed by atoms with Gasteiger partial charge in [0.1, 0.15) is 0 Å². The largest absolute Gasteiger partial charge is 0.513 e. The Hall–Kier alpha value is -0.500. The normalized spacial score (nSPS) is 29.6. The SMILES string of the molecule is OC1=CCC[C@H](O)C1. The molecule has 0 unspecified atom stereocenters. The fraction of sp³-hybridized carbons (Fsp3) is 0.667. The quantitative estimate of drug-likeness (QED) is 0.492. The molecular formula is C6H10O2. The molecule has 0 saturated carbocycles. The van der Waals surface area contributed by atoms with Gasteiger partial charge in [-0.05, 0) is 18.9 Å². The molecule has 8 heavy (non-hydrogen) atoms. The van der Waals surface area contributed by atoms with Gasteiger partial charge in [-0.1, -0.05) is 0 Å². The van der Waals surface area contributed by atoms with Crippen molar-refractivity contribution >= 4 is 0 Å². The van der Waals surface area contributed by atoms with Crippen molar-refractivity contribution in [3.05, 3.63) is 11.8 Å². The summed E-state index contributed by atoms with van der Waals surface area (Å²) in [5, 5.41) is 17.7. The summed E-state index contributed by atoms with van der Waals surface area (Å²) in [5.74, 6) is 0.337. The molecule has 2 heteroatoms. The summed E-state index contributed by atoms with van der Waals surface area (Å²) < 4.78 is 0. The molecule has 0 fully saturated rings. The van der Waals surface area contributed by atoms with Crippen molar-refractivity contribution in [1.29, 1.82) is 0 Å². The molecule has 0 spiro atoms. The van der Waals surface area contributed by atoms with Crippen LogP contribution in [0, 0.1) is 0 Å². The summed E-state index contributed by atoms with van der Waals surface area (Å²) in [5.41, 5.74) is 0. The third kappa shape index (κ3) is 1.23. The Morgan fingerprint density at radius 2 is 2.38 bits per heavy atom. The second kappa shape index (κ2) is 2.18. The van der Waals surface area contributed by atoms with E-state index in [9.17, 15) is 0 Å². The van der Waals surface area contributed by atoms with Crippen molar-refractivity contribution in [2.24, 2.45) is 0 Å². The van der Waals surface area contributed by atoms with Gasteiger partial charge in [-0.3, -0.25) is 0 Å². The lowest BCUT2D eigenvalue weighted by Gasteiger charge is -2.12. The van der Waals surface area contributed by atoms with Gasteiger partial charge in [-0.2, -0.15) is 0 Å². The van der Waals surface area contributed by atoms with Gasteiger partial charge in [0, 0.05) is 6.42 Å². The molecule has 0 saturated heterocycles. The Morgan fingerprint density at radius 3 is 2.75 bits per heavy atom. The van der Waals surface area contributed by atoms with Crippen molar-refractivity contribution in [1.82, 2.24) is 0 Å². The fourth-order valence-corrected chi connectivity index (χ4v) is 0.869. The molecule has 0 aliphatic heterocycles. The summed E-state index contributed by atoms with van der Waals surface area (Å²) in [4.78, 5) is 0. The summed E-state index contributed by atoms with van der Waals surface area (Å²) in [6.07, 6.45) is 3.50. The number of hydrogen-bond acceptors (Lipinski definition) is 2. The molecule has 2 N–H and O–H groups in total. The summed E-state index contributed by atoms with van der Waals surface area (Å²) in [7, 11) is 0. The van der Waals surface area contributed by atoms with Crippen molar-refractivity contribution in [2.45, 2.75) is 25.4 Å². The molecule has 1 aliphatic carbocycles. The summed E-state index contributed by atoms with van der Waals surface area (Å²) in [6.45, 7) is 0. The van der Waals surface area contributed by atoms with Crippen molar-refractivity contribution in [3.63, 3.8) is 0 Å². The molecule has 1 atom stereocenters. The second-order valence-corrected chi connectivity index (χ2v) is 2.13. The van der Waals surface area contributed by atoms with Gasteiger partial charge in [0.25, 0.3) is 0 Å². The van der Waals surface area contributed by atoms with Gasteiger partial charge in [-0.15, -0.1) is 0 Å². The van der Waals surface area contributed by atoms with E-state index in [-0.39, 0.29) is 6.10 Å². The third-order valence-electron chi connectivity index (χ3n) is 1.32. The molecule has 46 valence electrons. The maximum Gasteiger partial charge on any atom is 0.0908 e. The van der Waals surface area contributed by atoms with Gasteiger partial charge in [-0.25, -0.2) is 0 Å². The van der Waals surface area contributed by atoms with Crippen LogP contribution in [0.4, 0.5) is 0 Å². The zero-order chi connectivity index (χ0) is 5.98. The van der Waals surface area contributed by atoms with E-state index in [2.05, 4.69) is 0 Å². The van der Waals surface area contributed by atoms with Crippen LogP contribution in [-0.4, -0.2) is 16.3 Å². The molecule has 2 nitrogen and oxygen atoms in total. The van der Waals surface area contributed by atoms with Crippen LogP contribution in [0.3, 0.4) is 0 Å². The molecule has 0 aromatic carbocycles. The first kappa shape index (κ1) is 5.63. The summed E-state index contributed by atoms with van der Waals surface area (Å²) >= 11 is 0. The highest BCUT2D eigenvalue weighted by atomic mass is 16.3. The monoisotopic (exact) mass is 114 g/mol. The Bertz CT molecular complexity index is 107. The van der Waals surface area contributed by atoms with Gasteiger partial charge in [0.2, 0.25) is 0 Å². The molecule has 0 heterocycles. The minimum atomic E-state index is -0.306. The van der Waals surface area contributed by atoms with Crippen LogP contribution in [0.25, 0.3) is 0 Å².